The van der Waals surface area contributed by atoms with E-state index in [-0.39, 0.29) is 11.8 Å². The molecule has 0 aliphatic rings. The number of hydrogen-bond donors (Lipinski definition) is 1. The van der Waals surface area contributed by atoms with Gasteiger partial charge in [-0.2, -0.15) is 5.26 Å². The highest BCUT2D eigenvalue weighted by Crippen LogP contribution is 2.21. The predicted molar refractivity (Wildman–Crippen MR) is 68.8 cm³/mol. The average molecular weight is 251 g/mol. The van der Waals surface area contributed by atoms with E-state index in [0.29, 0.717) is 10.7 Å². The van der Waals surface area contributed by atoms with E-state index in [0.717, 1.165) is 5.56 Å². The number of carbonyl (C=O) groups is 1. The molecule has 0 aliphatic heterocycles. The predicted octanol–water partition coefficient (Wildman–Crippen LogP) is 3.38. The summed E-state index contributed by atoms with van der Waals surface area (Å²) in [5.41, 5.74) is 1.58. The molecule has 0 fully saturated rings. The van der Waals surface area contributed by atoms with Crippen LogP contribution in [-0.4, -0.2) is 5.91 Å². The summed E-state index contributed by atoms with van der Waals surface area (Å²) in [7, 11) is 0. The molecule has 3 nitrogen and oxygen atoms in total. The Morgan fingerprint density at radius 2 is 2.12 bits per heavy atom. The van der Waals surface area contributed by atoms with Gasteiger partial charge in [-0.1, -0.05) is 31.5 Å². The number of rotatable bonds is 3. The second kappa shape index (κ2) is 5.70. The molecule has 1 rings (SSSR count). The van der Waals surface area contributed by atoms with Gasteiger partial charge in [0.25, 0.3) is 0 Å². The maximum atomic E-state index is 11.9. The molecule has 0 saturated carbocycles. The van der Waals surface area contributed by atoms with Crippen molar-refractivity contribution in [1.29, 1.82) is 5.26 Å². The molecule has 0 radical (unpaired) electrons. The number of aryl methyl sites for hydroxylation is 1. The normalized spacial score (nSPS) is 12.0. The third-order valence-electron chi connectivity index (χ3n) is 2.55. The van der Waals surface area contributed by atoms with E-state index >= 15 is 0 Å². The molecule has 90 valence electrons. The quantitative estimate of drug-likeness (QED) is 0.894. The number of carbonyl (C=O) groups excluding carboxylic acids is 1. The number of amides is 1. The summed E-state index contributed by atoms with van der Waals surface area (Å²) < 4.78 is 0. The molecule has 0 heterocycles. The Balaban J connectivity index is 2.88. The Morgan fingerprint density at radius 1 is 1.47 bits per heavy atom. The van der Waals surface area contributed by atoms with Crippen molar-refractivity contribution in [3.63, 3.8) is 0 Å². The molecule has 1 unspecified atom stereocenters. The van der Waals surface area contributed by atoms with Crippen LogP contribution in [-0.2, 0) is 4.79 Å². The van der Waals surface area contributed by atoms with E-state index in [1.165, 1.54) is 0 Å². The lowest BCUT2D eigenvalue weighted by molar-refractivity contribution is -0.119. The second-order valence-corrected chi connectivity index (χ2v) is 4.74. The van der Waals surface area contributed by atoms with Gasteiger partial charge in [-0.15, -0.1) is 0 Å². The van der Waals surface area contributed by atoms with Gasteiger partial charge in [-0.25, -0.2) is 0 Å². The molecule has 1 aromatic rings. The van der Waals surface area contributed by atoms with Gasteiger partial charge in [0.1, 0.15) is 5.92 Å². The Bertz CT molecular complexity index is 463. The lowest BCUT2D eigenvalue weighted by atomic mass is 9.96. The summed E-state index contributed by atoms with van der Waals surface area (Å²) in [5.74, 6) is -0.944. The van der Waals surface area contributed by atoms with E-state index in [1.807, 2.05) is 32.9 Å². The third-order valence-corrected chi connectivity index (χ3v) is 2.78. The summed E-state index contributed by atoms with van der Waals surface area (Å²) in [5, 5.41) is 12.2. The number of nitrogens with zero attached hydrogens (tertiary/aromatic N) is 1. The van der Waals surface area contributed by atoms with Gasteiger partial charge in [-0.05, 0) is 30.5 Å². The molecular weight excluding hydrogens is 236 g/mol. The molecular formula is C13H15ClN2O. The third kappa shape index (κ3) is 3.47. The van der Waals surface area contributed by atoms with E-state index in [9.17, 15) is 4.79 Å². The Labute approximate surface area is 106 Å². The molecule has 0 spiro atoms. The molecule has 1 aromatic carbocycles. The van der Waals surface area contributed by atoms with Crippen LogP contribution in [0.15, 0.2) is 18.2 Å². The summed E-state index contributed by atoms with van der Waals surface area (Å²) in [6.45, 7) is 5.57. The van der Waals surface area contributed by atoms with E-state index in [1.54, 1.807) is 12.1 Å². The van der Waals surface area contributed by atoms with Gasteiger partial charge in [0.05, 0.1) is 6.07 Å². The maximum Gasteiger partial charge on any atom is 0.241 e. The summed E-state index contributed by atoms with van der Waals surface area (Å²) >= 11 is 5.86. The fourth-order valence-corrected chi connectivity index (χ4v) is 1.62. The molecule has 0 saturated heterocycles. The number of nitriles is 1. The van der Waals surface area contributed by atoms with Crippen LogP contribution in [0.5, 0.6) is 0 Å². The standard InChI is InChI=1S/C13H15ClN2O/c1-8(2)11(7-15)13(17)16-12-6-10(14)5-4-9(12)3/h4-6,8,11H,1-3H3,(H,16,17). The second-order valence-electron chi connectivity index (χ2n) is 4.30. The zero-order valence-corrected chi connectivity index (χ0v) is 10.9. The van der Waals surface area contributed by atoms with Gasteiger partial charge in [-0.3, -0.25) is 4.79 Å². The number of anilines is 1. The van der Waals surface area contributed by atoms with Crippen LogP contribution in [0.25, 0.3) is 0 Å². The molecule has 0 aromatic heterocycles. The number of halogens is 1. The smallest absolute Gasteiger partial charge is 0.241 e. The van der Waals surface area contributed by atoms with E-state index in [2.05, 4.69) is 5.32 Å². The molecule has 1 amide bonds. The van der Waals surface area contributed by atoms with Crippen molar-refractivity contribution in [2.75, 3.05) is 5.32 Å². The first kappa shape index (κ1) is 13.5. The van der Waals surface area contributed by atoms with Gasteiger partial charge < -0.3 is 5.32 Å². The van der Waals surface area contributed by atoms with Crippen molar-refractivity contribution < 1.29 is 4.79 Å². The Morgan fingerprint density at radius 3 is 2.65 bits per heavy atom. The summed E-state index contributed by atoms with van der Waals surface area (Å²) in [6, 6.07) is 7.28. The zero-order chi connectivity index (χ0) is 13.0. The fourth-order valence-electron chi connectivity index (χ4n) is 1.45. The van der Waals surface area contributed by atoms with Crippen LogP contribution >= 0.6 is 11.6 Å². The van der Waals surface area contributed by atoms with Crippen LogP contribution in [0.3, 0.4) is 0 Å². The van der Waals surface area contributed by atoms with Gasteiger partial charge in [0, 0.05) is 10.7 Å². The minimum Gasteiger partial charge on any atom is -0.325 e. The van der Waals surface area contributed by atoms with Crippen LogP contribution in [0.2, 0.25) is 5.02 Å². The van der Waals surface area contributed by atoms with E-state index < -0.39 is 5.92 Å². The molecule has 0 aliphatic carbocycles. The van der Waals surface area contributed by atoms with Crippen LogP contribution in [0.4, 0.5) is 5.69 Å². The number of nitrogens with one attached hydrogen (secondary N) is 1. The fraction of sp³-hybridized carbons (Fsp3) is 0.385. The maximum absolute atomic E-state index is 11.9. The lowest BCUT2D eigenvalue weighted by Crippen LogP contribution is -2.25. The first-order chi connectivity index (χ1) is 7.95. The van der Waals surface area contributed by atoms with Gasteiger partial charge in [0.2, 0.25) is 5.91 Å². The van der Waals surface area contributed by atoms with E-state index in [4.69, 9.17) is 16.9 Å². The zero-order valence-electron chi connectivity index (χ0n) is 10.1. The summed E-state index contributed by atoms with van der Waals surface area (Å²) in [6.07, 6.45) is 0. The molecule has 17 heavy (non-hydrogen) atoms. The van der Waals surface area contributed by atoms with Crippen molar-refractivity contribution in [2.24, 2.45) is 11.8 Å². The highest BCUT2D eigenvalue weighted by Gasteiger charge is 2.22. The minimum absolute atomic E-state index is 0.0144. The molecule has 0 bridgehead atoms. The van der Waals surface area contributed by atoms with Crippen LogP contribution in [0.1, 0.15) is 19.4 Å². The molecule has 1 atom stereocenters. The first-order valence-electron chi connectivity index (χ1n) is 5.42. The van der Waals surface area contributed by atoms with Gasteiger partial charge >= 0.3 is 0 Å². The first-order valence-corrected chi connectivity index (χ1v) is 5.80. The SMILES string of the molecule is Cc1ccc(Cl)cc1NC(=O)C(C#N)C(C)C. The molecule has 4 heteroatoms. The monoisotopic (exact) mass is 250 g/mol. The highest BCUT2D eigenvalue weighted by molar-refractivity contribution is 6.31. The van der Waals surface area contributed by atoms with Crippen molar-refractivity contribution in [3.8, 4) is 6.07 Å². The van der Waals surface area contributed by atoms with Crippen molar-refractivity contribution in [2.45, 2.75) is 20.8 Å². The van der Waals surface area contributed by atoms with Crippen molar-refractivity contribution >= 4 is 23.2 Å². The number of hydrogen-bond acceptors (Lipinski definition) is 2. The van der Waals surface area contributed by atoms with Crippen molar-refractivity contribution in [1.82, 2.24) is 0 Å². The van der Waals surface area contributed by atoms with Gasteiger partial charge in [0.15, 0.2) is 0 Å². The molecule has 1 N–H and O–H groups in total. The van der Waals surface area contributed by atoms with Crippen LogP contribution < -0.4 is 5.32 Å². The lowest BCUT2D eigenvalue weighted by Gasteiger charge is -2.14. The topological polar surface area (TPSA) is 52.9 Å². The van der Waals surface area contributed by atoms with Crippen molar-refractivity contribution in [3.05, 3.63) is 28.8 Å². The average Bonchev–Trinajstić information content (AvgIpc) is 2.24. The largest absolute Gasteiger partial charge is 0.325 e. The number of benzene rings is 1. The summed E-state index contributed by atoms with van der Waals surface area (Å²) in [4.78, 5) is 11.9. The Hall–Kier alpha value is -1.53. The minimum atomic E-state index is -0.645. The van der Waals surface area contributed by atoms with Crippen LogP contribution in [0, 0.1) is 30.1 Å². The highest BCUT2D eigenvalue weighted by atomic mass is 35.5. The Kier molecular flexibility index (Phi) is 4.53.